The van der Waals surface area contributed by atoms with E-state index in [0.717, 1.165) is 5.33 Å². The molecular weight excluding hydrogens is 252 g/mol. The van der Waals surface area contributed by atoms with Gasteiger partial charge in [-0.2, -0.15) is 0 Å². The van der Waals surface area contributed by atoms with Gasteiger partial charge >= 0.3 is 0 Å². The van der Waals surface area contributed by atoms with Crippen LogP contribution in [-0.4, -0.2) is 0 Å². The van der Waals surface area contributed by atoms with E-state index in [2.05, 4.69) is 58.4 Å². The quantitative estimate of drug-likeness (QED) is 0.686. The van der Waals surface area contributed by atoms with Crippen LogP contribution in [0.5, 0.6) is 0 Å². The summed E-state index contributed by atoms with van der Waals surface area (Å²) in [6, 6.07) is 14.9. The Kier molecular flexibility index (Phi) is 4.74. The third kappa shape index (κ3) is 2.69. The van der Waals surface area contributed by atoms with E-state index in [1.807, 2.05) is 0 Å². The minimum absolute atomic E-state index is 0. The Morgan fingerprint density at radius 1 is 0.923 bits per heavy atom. The maximum absolute atomic E-state index is 3.44. The number of halogens is 1. The first kappa shape index (κ1) is 11.5. The molecule has 0 aliphatic rings. The van der Waals surface area contributed by atoms with Crippen molar-refractivity contribution in [2.75, 3.05) is 0 Å². The van der Waals surface area contributed by atoms with Crippen LogP contribution in [0.2, 0.25) is 0 Å². The van der Waals surface area contributed by atoms with E-state index < -0.39 is 0 Å². The zero-order valence-electron chi connectivity index (χ0n) is 6.98. The molecule has 0 N–H and O–H groups in total. The van der Waals surface area contributed by atoms with Crippen molar-refractivity contribution in [3.05, 3.63) is 48.0 Å². The molecule has 0 aliphatic carbocycles. The van der Waals surface area contributed by atoms with E-state index >= 15 is 0 Å². The van der Waals surface area contributed by atoms with Gasteiger partial charge in [0, 0.05) is 43.1 Å². The van der Waals surface area contributed by atoms with Gasteiger partial charge in [-0.15, -0.1) is 0 Å². The molecule has 0 amide bonds. The molecule has 2 aromatic rings. The Morgan fingerprint density at radius 2 is 1.62 bits per heavy atom. The summed E-state index contributed by atoms with van der Waals surface area (Å²) >= 11 is 3.44. The smallest absolute Gasteiger partial charge is 0.0283 e. The van der Waals surface area contributed by atoms with Gasteiger partial charge in [-0.25, -0.2) is 0 Å². The van der Waals surface area contributed by atoms with E-state index in [4.69, 9.17) is 0 Å². The summed E-state index contributed by atoms with van der Waals surface area (Å²) in [4.78, 5) is 0. The molecule has 2 heteroatoms. The van der Waals surface area contributed by atoms with Crippen molar-refractivity contribution in [3.63, 3.8) is 0 Å². The van der Waals surface area contributed by atoms with Gasteiger partial charge in [-0.1, -0.05) is 58.4 Å². The predicted octanol–water partition coefficient (Wildman–Crippen LogP) is 3.73. The summed E-state index contributed by atoms with van der Waals surface area (Å²) in [5.74, 6) is 0. The molecule has 0 fully saturated rings. The molecule has 0 atom stereocenters. The third-order valence-corrected chi connectivity index (χ3v) is 2.62. The first-order valence-electron chi connectivity index (χ1n) is 3.94. The molecule has 2 rings (SSSR count). The molecule has 0 saturated carbocycles. The number of alkyl halides is 1. The zero-order chi connectivity index (χ0) is 8.39. The molecule has 0 heterocycles. The number of hydrogen-bond donors (Lipinski definition) is 0. The summed E-state index contributed by atoms with van der Waals surface area (Å²) in [6.45, 7) is 0. The van der Waals surface area contributed by atoms with Crippen molar-refractivity contribution in [2.24, 2.45) is 0 Å². The number of benzene rings is 2. The van der Waals surface area contributed by atoms with E-state index in [-0.39, 0.29) is 37.7 Å². The van der Waals surface area contributed by atoms with Crippen LogP contribution in [0.15, 0.2) is 42.5 Å². The van der Waals surface area contributed by atoms with Gasteiger partial charge < -0.3 is 0 Å². The van der Waals surface area contributed by atoms with E-state index in [1.165, 1.54) is 16.3 Å². The molecule has 0 saturated heterocycles. The maximum atomic E-state index is 3.44. The van der Waals surface area contributed by atoms with E-state index in [0.29, 0.717) is 0 Å². The van der Waals surface area contributed by atoms with Gasteiger partial charge in [0.25, 0.3) is 0 Å². The molecule has 0 radical (unpaired) electrons. The fourth-order valence-corrected chi connectivity index (χ4v) is 1.67. The topological polar surface area (TPSA) is 0 Å². The SMILES string of the molecule is BrCc1ccc2ccccc2c1.[Ar]. The molecular formula is C11H9ArBr. The van der Waals surface area contributed by atoms with Crippen molar-refractivity contribution >= 4 is 26.7 Å². The van der Waals surface area contributed by atoms with E-state index in [9.17, 15) is 0 Å². The van der Waals surface area contributed by atoms with Crippen molar-refractivity contribution in [2.45, 2.75) is 5.33 Å². The van der Waals surface area contributed by atoms with Crippen molar-refractivity contribution in [3.8, 4) is 0 Å². The molecule has 13 heavy (non-hydrogen) atoms. The number of rotatable bonds is 1. The van der Waals surface area contributed by atoms with Crippen molar-refractivity contribution < 1.29 is 37.7 Å². The van der Waals surface area contributed by atoms with Gasteiger partial charge in [-0.3, -0.25) is 0 Å². The fourth-order valence-electron chi connectivity index (χ4n) is 1.32. The normalized spacial score (nSPS) is 9.62. The van der Waals surface area contributed by atoms with Crippen molar-refractivity contribution in [1.82, 2.24) is 0 Å². The third-order valence-electron chi connectivity index (χ3n) is 1.97. The van der Waals surface area contributed by atoms with Gasteiger partial charge in [0.15, 0.2) is 0 Å². The summed E-state index contributed by atoms with van der Waals surface area (Å²) in [5.41, 5.74) is 1.33. The first-order chi connectivity index (χ1) is 5.90. The summed E-state index contributed by atoms with van der Waals surface area (Å²) in [7, 11) is 0. The standard InChI is InChI=1S/C11H9Br.Ar/c12-8-9-5-6-10-3-1-2-4-11(10)7-9;/h1-7H,8H2;. The largest absolute Gasteiger partial charge is 0.0876 e. The van der Waals surface area contributed by atoms with Crippen molar-refractivity contribution in [1.29, 1.82) is 0 Å². The Morgan fingerprint density at radius 3 is 2.31 bits per heavy atom. The van der Waals surface area contributed by atoms with E-state index in [1.54, 1.807) is 0 Å². The summed E-state index contributed by atoms with van der Waals surface area (Å²) in [5, 5.41) is 3.55. The second-order valence-corrected chi connectivity index (χ2v) is 3.38. The van der Waals surface area contributed by atoms with Crippen LogP contribution in [-0.2, 0) is 5.33 Å². The zero-order valence-corrected chi connectivity index (χ0v) is 9.27. The Bertz CT molecular complexity index is 398. The first-order valence-corrected chi connectivity index (χ1v) is 5.06. The molecule has 0 nitrogen and oxygen atoms in total. The predicted molar refractivity (Wildman–Crippen MR) is 56.6 cm³/mol. The average Bonchev–Trinajstić information content (AvgIpc) is 2.17. The van der Waals surface area contributed by atoms with Crippen LogP contribution >= 0.6 is 15.9 Å². The van der Waals surface area contributed by atoms with Crippen LogP contribution in [0.3, 0.4) is 0 Å². The minimum atomic E-state index is 0. The second kappa shape index (κ2) is 5.35. The molecule has 0 unspecified atom stereocenters. The Balaban J connectivity index is 0.000000845. The van der Waals surface area contributed by atoms with Gasteiger partial charge in [0.1, 0.15) is 0 Å². The maximum Gasteiger partial charge on any atom is 0.0283 e. The molecule has 2 aromatic carbocycles. The monoisotopic (exact) mass is 260 g/mol. The number of fused-ring (bicyclic) bond motifs is 1. The number of hydrogen-bond acceptors (Lipinski definition) is 0. The van der Waals surface area contributed by atoms with Gasteiger partial charge in [-0.05, 0) is 16.3 Å². The fraction of sp³-hybridized carbons (Fsp3) is 0.0909. The van der Waals surface area contributed by atoms with Crippen LogP contribution in [0.1, 0.15) is 5.56 Å². The minimum Gasteiger partial charge on any atom is -0.0876 e. The van der Waals surface area contributed by atoms with Crippen LogP contribution < -0.4 is 0 Å². The molecule has 0 aliphatic heterocycles. The second-order valence-electron chi connectivity index (χ2n) is 2.82. The van der Waals surface area contributed by atoms with Crippen LogP contribution in [0, 0.1) is 37.7 Å². The average molecular weight is 261 g/mol. The Labute approximate surface area is 116 Å². The molecule has 0 aromatic heterocycles. The molecule has 0 bridgehead atoms. The van der Waals surface area contributed by atoms with Gasteiger partial charge in [0.05, 0.1) is 0 Å². The Hall–Kier alpha value is 0.440. The van der Waals surface area contributed by atoms with Gasteiger partial charge in [0.2, 0.25) is 0 Å². The molecule has 68 valence electrons. The van der Waals surface area contributed by atoms with Crippen LogP contribution in [0.25, 0.3) is 10.8 Å². The summed E-state index contributed by atoms with van der Waals surface area (Å²) in [6.07, 6.45) is 0. The van der Waals surface area contributed by atoms with Crippen LogP contribution in [0.4, 0.5) is 0 Å². The molecule has 0 spiro atoms. The summed E-state index contributed by atoms with van der Waals surface area (Å²) < 4.78 is 0.